The first-order valence-corrected chi connectivity index (χ1v) is 7.46. The fourth-order valence-electron chi connectivity index (χ4n) is 2.07. The molecule has 19 heavy (non-hydrogen) atoms. The van der Waals surface area contributed by atoms with Crippen LogP contribution in [0, 0.1) is 4.77 Å². The molecule has 1 fully saturated rings. The fourth-order valence-corrected chi connectivity index (χ4v) is 3.30. The van der Waals surface area contributed by atoms with Crippen LogP contribution >= 0.6 is 23.6 Å². The standard InChI is InChI=1S/C11H15N5OS2/c1-2-16-9(13-14-10(16)18)8-7-12-11(19-8)15-3-5-17-6-4-15/h7H,2-6H2,1H3,(H,14,18). The average Bonchev–Trinajstić information content (AvgIpc) is 3.06. The summed E-state index contributed by atoms with van der Waals surface area (Å²) < 4.78 is 7.98. The Bertz CT molecular complexity index is 611. The van der Waals surface area contributed by atoms with E-state index in [2.05, 4.69) is 27.0 Å². The molecule has 0 aromatic carbocycles. The lowest BCUT2D eigenvalue weighted by molar-refractivity contribution is 0.122. The predicted molar refractivity (Wildman–Crippen MR) is 77.2 cm³/mol. The van der Waals surface area contributed by atoms with Gasteiger partial charge < -0.3 is 9.64 Å². The second-order valence-electron chi connectivity index (χ2n) is 4.20. The number of hydrogen-bond acceptors (Lipinski definition) is 6. The van der Waals surface area contributed by atoms with E-state index in [4.69, 9.17) is 17.0 Å². The maximum atomic E-state index is 5.35. The average molecular weight is 297 g/mol. The number of thiazole rings is 1. The Kier molecular flexibility index (Phi) is 3.63. The molecule has 3 heterocycles. The SMILES string of the molecule is CCn1c(-c2cnc(N3CCOCC3)s2)n[nH]c1=S. The third-order valence-electron chi connectivity index (χ3n) is 3.07. The molecule has 8 heteroatoms. The van der Waals surface area contributed by atoms with Gasteiger partial charge in [0, 0.05) is 19.6 Å². The Balaban J connectivity index is 1.90. The van der Waals surface area contributed by atoms with Crippen LogP contribution < -0.4 is 4.90 Å². The van der Waals surface area contributed by atoms with Crippen molar-refractivity contribution in [1.82, 2.24) is 19.7 Å². The Morgan fingerprint density at radius 3 is 3.00 bits per heavy atom. The molecule has 1 saturated heterocycles. The van der Waals surface area contributed by atoms with Crippen molar-refractivity contribution in [2.75, 3.05) is 31.2 Å². The highest BCUT2D eigenvalue weighted by molar-refractivity contribution is 7.71. The molecule has 0 aliphatic carbocycles. The minimum absolute atomic E-state index is 0.652. The van der Waals surface area contributed by atoms with Crippen LogP contribution in [-0.4, -0.2) is 46.1 Å². The van der Waals surface area contributed by atoms with E-state index < -0.39 is 0 Å². The summed E-state index contributed by atoms with van der Waals surface area (Å²) in [6, 6.07) is 0. The second kappa shape index (κ2) is 5.40. The molecular weight excluding hydrogens is 282 g/mol. The highest BCUT2D eigenvalue weighted by atomic mass is 32.1. The van der Waals surface area contributed by atoms with Gasteiger partial charge in [-0.3, -0.25) is 9.67 Å². The zero-order chi connectivity index (χ0) is 13.2. The van der Waals surface area contributed by atoms with Crippen LogP contribution in [0.4, 0.5) is 5.13 Å². The molecule has 0 amide bonds. The maximum Gasteiger partial charge on any atom is 0.195 e. The summed E-state index contributed by atoms with van der Waals surface area (Å²) in [5, 5.41) is 8.15. The molecule has 1 N–H and O–H groups in total. The fraction of sp³-hybridized carbons (Fsp3) is 0.545. The smallest absolute Gasteiger partial charge is 0.195 e. The van der Waals surface area contributed by atoms with Gasteiger partial charge in [0.1, 0.15) is 0 Å². The molecule has 0 spiro atoms. The number of anilines is 1. The van der Waals surface area contributed by atoms with E-state index in [1.54, 1.807) is 11.3 Å². The summed E-state index contributed by atoms with van der Waals surface area (Å²) in [5.74, 6) is 0.865. The molecule has 0 bridgehead atoms. The van der Waals surface area contributed by atoms with Gasteiger partial charge in [0.15, 0.2) is 15.7 Å². The van der Waals surface area contributed by atoms with Gasteiger partial charge in [-0.15, -0.1) is 0 Å². The van der Waals surface area contributed by atoms with Gasteiger partial charge >= 0.3 is 0 Å². The molecule has 6 nitrogen and oxygen atoms in total. The van der Waals surface area contributed by atoms with Crippen molar-refractivity contribution in [1.29, 1.82) is 0 Å². The van der Waals surface area contributed by atoms with Crippen molar-refractivity contribution in [2.24, 2.45) is 0 Å². The van der Waals surface area contributed by atoms with Crippen molar-refractivity contribution in [2.45, 2.75) is 13.5 Å². The summed E-state index contributed by atoms with van der Waals surface area (Å²) in [4.78, 5) is 7.77. The van der Waals surface area contributed by atoms with Gasteiger partial charge in [-0.25, -0.2) is 4.98 Å². The van der Waals surface area contributed by atoms with Crippen LogP contribution in [0.3, 0.4) is 0 Å². The van der Waals surface area contributed by atoms with E-state index in [1.807, 2.05) is 10.8 Å². The van der Waals surface area contributed by atoms with Crippen molar-refractivity contribution >= 4 is 28.7 Å². The normalized spacial score (nSPS) is 15.9. The highest BCUT2D eigenvalue weighted by Gasteiger charge is 2.17. The van der Waals surface area contributed by atoms with E-state index in [9.17, 15) is 0 Å². The summed E-state index contributed by atoms with van der Waals surface area (Å²) in [7, 11) is 0. The van der Waals surface area contributed by atoms with Crippen LogP contribution in [0.25, 0.3) is 10.7 Å². The largest absolute Gasteiger partial charge is 0.378 e. The number of ether oxygens (including phenoxy) is 1. The van der Waals surface area contributed by atoms with Crippen LogP contribution in [0.1, 0.15) is 6.92 Å². The lowest BCUT2D eigenvalue weighted by atomic mass is 10.5. The van der Waals surface area contributed by atoms with E-state index in [-0.39, 0.29) is 0 Å². The van der Waals surface area contributed by atoms with Gasteiger partial charge in [-0.1, -0.05) is 11.3 Å². The summed E-state index contributed by atoms with van der Waals surface area (Å²) >= 11 is 6.85. The van der Waals surface area contributed by atoms with Crippen LogP contribution in [0.15, 0.2) is 6.20 Å². The molecule has 0 saturated carbocycles. The summed E-state index contributed by atoms with van der Waals surface area (Å²) in [5.41, 5.74) is 0. The predicted octanol–water partition coefficient (Wildman–Crippen LogP) is 1.92. The Morgan fingerprint density at radius 1 is 1.47 bits per heavy atom. The van der Waals surface area contributed by atoms with Crippen molar-refractivity contribution in [3.8, 4) is 10.7 Å². The summed E-state index contributed by atoms with van der Waals surface area (Å²) in [6.07, 6.45) is 1.87. The minimum Gasteiger partial charge on any atom is -0.378 e. The number of nitrogens with one attached hydrogen (secondary N) is 1. The van der Waals surface area contributed by atoms with Crippen molar-refractivity contribution in [3.63, 3.8) is 0 Å². The third-order valence-corrected chi connectivity index (χ3v) is 4.44. The third kappa shape index (κ3) is 2.43. The molecule has 0 atom stereocenters. The molecular formula is C11H15N5OS2. The maximum absolute atomic E-state index is 5.35. The van der Waals surface area contributed by atoms with E-state index in [0.717, 1.165) is 48.7 Å². The van der Waals surface area contributed by atoms with E-state index >= 15 is 0 Å². The van der Waals surface area contributed by atoms with Gasteiger partial charge in [-0.2, -0.15) is 5.10 Å². The summed E-state index contributed by atoms with van der Waals surface area (Å²) in [6.45, 7) is 6.18. The molecule has 2 aromatic rings. The number of nitrogens with zero attached hydrogens (tertiary/aromatic N) is 4. The van der Waals surface area contributed by atoms with Crippen LogP contribution in [-0.2, 0) is 11.3 Å². The number of aromatic amines is 1. The number of aromatic nitrogens is 4. The van der Waals surface area contributed by atoms with Crippen molar-refractivity contribution < 1.29 is 4.74 Å². The van der Waals surface area contributed by atoms with Gasteiger partial charge in [0.2, 0.25) is 0 Å². The molecule has 102 valence electrons. The first-order chi connectivity index (χ1) is 9.29. The van der Waals surface area contributed by atoms with Gasteiger partial charge in [-0.05, 0) is 19.1 Å². The van der Waals surface area contributed by atoms with Crippen molar-refractivity contribution in [3.05, 3.63) is 11.0 Å². The van der Waals surface area contributed by atoms with Gasteiger partial charge in [0.05, 0.1) is 24.3 Å². The monoisotopic (exact) mass is 297 g/mol. The Hall–Kier alpha value is -1.25. The number of rotatable bonds is 3. The van der Waals surface area contributed by atoms with Crippen LogP contribution in [0.5, 0.6) is 0 Å². The molecule has 2 aromatic heterocycles. The number of hydrogen-bond donors (Lipinski definition) is 1. The quantitative estimate of drug-likeness (QED) is 0.877. The number of H-pyrrole nitrogens is 1. The molecule has 0 unspecified atom stereocenters. The topological polar surface area (TPSA) is 59.0 Å². The van der Waals surface area contributed by atoms with E-state index in [0.29, 0.717) is 4.77 Å². The lowest BCUT2D eigenvalue weighted by Crippen LogP contribution is -2.36. The van der Waals surface area contributed by atoms with E-state index in [1.165, 1.54) is 0 Å². The second-order valence-corrected chi connectivity index (χ2v) is 5.60. The molecule has 3 rings (SSSR count). The molecule has 1 aliphatic heterocycles. The Labute approximate surface area is 120 Å². The van der Waals surface area contributed by atoms with Gasteiger partial charge in [0.25, 0.3) is 0 Å². The first-order valence-electron chi connectivity index (χ1n) is 6.23. The zero-order valence-electron chi connectivity index (χ0n) is 10.6. The number of morpholine rings is 1. The Morgan fingerprint density at radius 2 is 2.26 bits per heavy atom. The zero-order valence-corrected chi connectivity index (χ0v) is 12.3. The first kappa shape index (κ1) is 12.8. The molecule has 1 aliphatic rings. The van der Waals surface area contributed by atoms with Crippen LogP contribution in [0.2, 0.25) is 0 Å². The minimum atomic E-state index is 0.652. The lowest BCUT2D eigenvalue weighted by Gasteiger charge is -2.25. The highest BCUT2D eigenvalue weighted by Crippen LogP contribution is 2.30. The molecule has 0 radical (unpaired) electrons.